The molecule has 1 atom stereocenters. The molecule has 0 spiro atoms. The van der Waals surface area contributed by atoms with Crippen LogP contribution in [0.5, 0.6) is 11.5 Å². The highest BCUT2D eigenvalue weighted by Crippen LogP contribution is 2.31. The summed E-state index contributed by atoms with van der Waals surface area (Å²) in [5.74, 6) is 1.27. The van der Waals surface area contributed by atoms with Crippen molar-refractivity contribution in [3.8, 4) is 11.5 Å². The van der Waals surface area contributed by atoms with E-state index < -0.39 is 6.10 Å². The van der Waals surface area contributed by atoms with Crippen molar-refractivity contribution < 1.29 is 14.3 Å². The molecule has 0 aliphatic carbocycles. The van der Waals surface area contributed by atoms with Gasteiger partial charge >= 0.3 is 0 Å². The zero-order valence-corrected chi connectivity index (χ0v) is 13.4. The third-order valence-corrected chi connectivity index (χ3v) is 4.50. The van der Waals surface area contributed by atoms with Gasteiger partial charge in [-0.3, -0.25) is 9.48 Å². The Hall–Kier alpha value is -1.82. The molecule has 21 heavy (non-hydrogen) atoms. The first-order valence-corrected chi connectivity index (χ1v) is 7.44. The van der Waals surface area contributed by atoms with E-state index in [0.717, 1.165) is 15.9 Å². The van der Waals surface area contributed by atoms with Gasteiger partial charge in [0.25, 0.3) is 0 Å². The molecule has 3 rings (SSSR count). The van der Waals surface area contributed by atoms with Gasteiger partial charge in [-0.25, -0.2) is 0 Å². The lowest BCUT2D eigenvalue weighted by Crippen LogP contribution is -2.37. The smallest absolute Gasteiger partial charge is 0.191 e. The lowest BCUT2D eigenvalue weighted by atomic mass is 10.1. The molecule has 1 unspecified atom stereocenters. The minimum absolute atomic E-state index is 0.0202. The molecule has 0 saturated heterocycles. The molecule has 0 fully saturated rings. The molecule has 0 saturated carbocycles. The molecular weight excluding hydrogens is 336 g/mol. The lowest BCUT2D eigenvalue weighted by molar-refractivity contribution is -0.127. The molecule has 1 aliphatic heterocycles. The van der Waals surface area contributed by atoms with Gasteiger partial charge in [0.2, 0.25) is 0 Å². The molecule has 2 aromatic rings. The van der Waals surface area contributed by atoms with E-state index in [0.29, 0.717) is 11.5 Å². The van der Waals surface area contributed by atoms with Crippen LogP contribution in [0.1, 0.15) is 11.4 Å². The van der Waals surface area contributed by atoms with Crippen molar-refractivity contribution in [1.82, 2.24) is 9.78 Å². The Morgan fingerprint density at radius 2 is 2.14 bits per heavy atom. The van der Waals surface area contributed by atoms with Gasteiger partial charge in [0.05, 0.1) is 22.3 Å². The molecule has 6 heteroatoms. The third kappa shape index (κ3) is 2.68. The fourth-order valence-electron chi connectivity index (χ4n) is 2.33. The Morgan fingerprint density at radius 1 is 1.43 bits per heavy atom. The average Bonchev–Trinajstić information content (AvgIpc) is 2.73. The quantitative estimate of drug-likeness (QED) is 0.853. The number of Topliss-reactive ketones (excluding diaryl/α,β-unsaturated/α-hetero) is 1. The summed E-state index contributed by atoms with van der Waals surface area (Å²) in [5.41, 5.74) is 1.71. The van der Waals surface area contributed by atoms with Gasteiger partial charge in [-0.05, 0) is 35.0 Å². The molecule has 2 heterocycles. The van der Waals surface area contributed by atoms with Crippen molar-refractivity contribution >= 4 is 21.7 Å². The topological polar surface area (TPSA) is 53.4 Å². The normalized spacial score (nSPS) is 16.8. The number of hydrogen-bond donors (Lipinski definition) is 0. The van der Waals surface area contributed by atoms with E-state index in [1.807, 2.05) is 32.2 Å². The van der Waals surface area contributed by atoms with E-state index in [2.05, 4.69) is 21.0 Å². The van der Waals surface area contributed by atoms with Crippen molar-refractivity contribution in [2.24, 2.45) is 7.05 Å². The maximum Gasteiger partial charge on any atom is 0.191 e. The van der Waals surface area contributed by atoms with Crippen LogP contribution in [0, 0.1) is 6.92 Å². The monoisotopic (exact) mass is 350 g/mol. The van der Waals surface area contributed by atoms with Crippen LogP contribution in [0.15, 0.2) is 28.7 Å². The summed E-state index contributed by atoms with van der Waals surface area (Å²) in [5, 5.41) is 4.29. The molecule has 1 aliphatic rings. The van der Waals surface area contributed by atoms with Crippen LogP contribution in [0.4, 0.5) is 0 Å². The fraction of sp³-hybridized carbons (Fsp3) is 0.333. The molecular formula is C15H15BrN2O3. The Morgan fingerprint density at radius 3 is 2.81 bits per heavy atom. The molecule has 110 valence electrons. The first-order valence-electron chi connectivity index (χ1n) is 6.65. The van der Waals surface area contributed by atoms with Crippen LogP contribution >= 0.6 is 15.9 Å². The van der Waals surface area contributed by atoms with Crippen LogP contribution in [0.2, 0.25) is 0 Å². The number of ether oxygens (including phenoxy) is 2. The highest BCUT2D eigenvalue weighted by Gasteiger charge is 2.28. The number of para-hydroxylation sites is 2. The first kappa shape index (κ1) is 14.1. The number of carbonyl (C=O) groups excluding carboxylic acids is 1. The Balaban J connectivity index is 1.75. The van der Waals surface area contributed by atoms with Crippen molar-refractivity contribution in [3.05, 3.63) is 40.1 Å². The summed E-state index contributed by atoms with van der Waals surface area (Å²) in [6.45, 7) is 2.14. The summed E-state index contributed by atoms with van der Waals surface area (Å²) in [4.78, 5) is 12.4. The minimum Gasteiger partial charge on any atom is -0.485 e. The second-order valence-electron chi connectivity index (χ2n) is 4.98. The molecule has 5 nitrogen and oxygen atoms in total. The van der Waals surface area contributed by atoms with Gasteiger partial charge in [0.15, 0.2) is 23.4 Å². The van der Waals surface area contributed by atoms with Crippen molar-refractivity contribution in [2.75, 3.05) is 6.61 Å². The van der Waals surface area contributed by atoms with Crippen molar-refractivity contribution in [3.63, 3.8) is 0 Å². The van der Waals surface area contributed by atoms with Crippen LogP contribution in [0.3, 0.4) is 0 Å². The van der Waals surface area contributed by atoms with Gasteiger partial charge in [0.1, 0.15) is 6.61 Å². The molecule has 1 aromatic carbocycles. The predicted molar refractivity (Wildman–Crippen MR) is 80.7 cm³/mol. The second kappa shape index (κ2) is 5.52. The number of hydrogen-bond acceptors (Lipinski definition) is 4. The van der Waals surface area contributed by atoms with E-state index in [1.54, 1.807) is 10.7 Å². The lowest BCUT2D eigenvalue weighted by Gasteiger charge is -2.25. The molecule has 0 radical (unpaired) electrons. The van der Waals surface area contributed by atoms with Gasteiger partial charge in [-0.2, -0.15) is 5.10 Å². The van der Waals surface area contributed by atoms with E-state index >= 15 is 0 Å². The number of aryl methyl sites for hydroxylation is 2. The summed E-state index contributed by atoms with van der Waals surface area (Å²) in [6, 6.07) is 7.37. The standard InChI is InChI=1S/C15H15BrN2O3/c1-9-15(16)10(18(2)17-9)7-11(19)14-8-20-12-5-3-4-6-13(12)21-14/h3-6,14H,7-8H2,1-2H3. The number of ketones is 1. The average molecular weight is 351 g/mol. The molecule has 0 N–H and O–H groups in total. The highest BCUT2D eigenvalue weighted by molar-refractivity contribution is 9.10. The van der Waals surface area contributed by atoms with Crippen LogP contribution < -0.4 is 9.47 Å². The zero-order chi connectivity index (χ0) is 15.0. The first-order chi connectivity index (χ1) is 10.1. The van der Waals surface area contributed by atoms with Crippen LogP contribution in [-0.2, 0) is 18.3 Å². The largest absolute Gasteiger partial charge is 0.485 e. The predicted octanol–water partition coefficient (Wildman–Crippen LogP) is 2.44. The summed E-state index contributed by atoms with van der Waals surface area (Å²) >= 11 is 3.47. The van der Waals surface area contributed by atoms with Crippen LogP contribution in [0.25, 0.3) is 0 Å². The number of rotatable bonds is 3. The number of fused-ring (bicyclic) bond motifs is 1. The number of carbonyl (C=O) groups is 1. The number of halogens is 1. The van der Waals surface area contributed by atoms with E-state index in [9.17, 15) is 4.79 Å². The van der Waals surface area contributed by atoms with Gasteiger partial charge in [-0.1, -0.05) is 12.1 Å². The zero-order valence-electron chi connectivity index (χ0n) is 11.8. The number of benzene rings is 1. The summed E-state index contributed by atoms with van der Waals surface area (Å²) < 4.78 is 13.9. The molecule has 0 amide bonds. The molecule has 1 aromatic heterocycles. The van der Waals surface area contributed by atoms with E-state index in [-0.39, 0.29) is 18.8 Å². The van der Waals surface area contributed by atoms with E-state index in [1.165, 1.54) is 0 Å². The van der Waals surface area contributed by atoms with E-state index in [4.69, 9.17) is 9.47 Å². The third-order valence-electron chi connectivity index (χ3n) is 3.47. The van der Waals surface area contributed by atoms with Crippen molar-refractivity contribution in [1.29, 1.82) is 0 Å². The summed E-state index contributed by atoms with van der Waals surface area (Å²) in [6.07, 6.45) is -0.323. The Labute approximate surface area is 131 Å². The van der Waals surface area contributed by atoms with Crippen LogP contribution in [-0.4, -0.2) is 28.3 Å². The Kier molecular flexibility index (Phi) is 3.71. The minimum atomic E-state index is -0.581. The SMILES string of the molecule is Cc1nn(C)c(CC(=O)C2COc3ccccc3O2)c1Br. The van der Waals surface area contributed by atoms with Gasteiger partial charge < -0.3 is 9.47 Å². The maximum absolute atomic E-state index is 12.4. The van der Waals surface area contributed by atoms with Gasteiger partial charge in [0, 0.05) is 7.05 Å². The Bertz CT molecular complexity index is 696. The highest BCUT2D eigenvalue weighted by atomic mass is 79.9. The maximum atomic E-state index is 12.4. The number of aromatic nitrogens is 2. The summed E-state index contributed by atoms with van der Waals surface area (Å²) in [7, 11) is 1.83. The van der Waals surface area contributed by atoms with Crippen molar-refractivity contribution in [2.45, 2.75) is 19.4 Å². The molecule has 0 bridgehead atoms. The van der Waals surface area contributed by atoms with Gasteiger partial charge in [-0.15, -0.1) is 0 Å². The number of nitrogens with zero attached hydrogens (tertiary/aromatic N) is 2. The fourth-order valence-corrected chi connectivity index (χ4v) is 2.81. The second-order valence-corrected chi connectivity index (χ2v) is 5.77.